The Morgan fingerprint density at radius 3 is 2.42 bits per heavy atom. The van der Waals surface area contributed by atoms with Gasteiger partial charge in [0.15, 0.2) is 0 Å². The average molecular weight is 465 g/mol. The van der Waals surface area contributed by atoms with Crippen molar-refractivity contribution in [3.63, 3.8) is 0 Å². The molecule has 2 N–H and O–H groups in total. The van der Waals surface area contributed by atoms with Crippen LogP contribution in [0.4, 0.5) is 22.0 Å². The smallest absolute Gasteiger partial charge is 0.399 e. The molecule has 0 aliphatic heterocycles. The number of aromatic nitrogens is 2. The molecular weight excluding hydrogens is 454 g/mol. The predicted octanol–water partition coefficient (Wildman–Crippen LogP) is 4.34. The van der Waals surface area contributed by atoms with Gasteiger partial charge in [0.05, 0.1) is 12.1 Å². The van der Waals surface area contributed by atoms with E-state index in [1.54, 1.807) is 0 Å². The molecule has 0 amide bonds. The first-order valence-corrected chi connectivity index (χ1v) is 9.31. The first kappa shape index (κ1) is 20.9. The standard InChI is InChI=1S/C13H11BrF5N2O4P/c14-9-4-7-6-20-11(25-3-1-2-12(15,16)17)21-10(7)5-8(9)13(18,19)26(22,23)24/h4-6H,1-3H2,(H2,22,23,24). The lowest BCUT2D eigenvalue weighted by Crippen LogP contribution is -2.14. The van der Waals surface area contributed by atoms with E-state index in [0.29, 0.717) is 0 Å². The Balaban J connectivity index is 2.28. The number of benzene rings is 1. The molecule has 0 aliphatic rings. The van der Waals surface area contributed by atoms with Crippen LogP contribution in [0, 0.1) is 0 Å². The van der Waals surface area contributed by atoms with Crippen LogP contribution in [-0.2, 0) is 10.2 Å². The summed E-state index contributed by atoms with van der Waals surface area (Å²) in [5.41, 5.74) is -5.56. The number of alkyl halides is 5. The lowest BCUT2D eigenvalue weighted by molar-refractivity contribution is -0.136. The van der Waals surface area contributed by atoms with E-state index in [9.17, 15) is 26.5 Å². The van der Waals surface area contributed by atoms with Gasteiger partial charge < -0.3 is 14.5 Å². The van der Waals surface area contributed by atoms with Crippen LogP contribution in [0.5, 0.6) is 6.01 Å². The van der Waals surface area contributed by atoms with Crippen molar-refractivity contribution in [1.82, 2.24) is 9.97 Å². The van der Waals surface area contributed by atoms with Gasteiger partial charge in [-0.1, -0.05) is 15.9 Å². The van der Waals surface area contributed by atoms with E-state index in [1.807, 2.05) is 0 Å². The van der Waals surface area contributed by atoms with E-state index in [1.165, 1.54) is 6.20 Å². The summed E-state index contributed by atoms with van der Waals surface area (Å²) in [4.78, 5) is 25.2. The number of nitrogens with zero attached hydrogens (tertiary/aromatic N) is 2. The SMILES string of the molecule is O=P(O)(O)C(F)(F)c1cc2nc(OCCCC(F)(F)F)ncc2cc1Br. The van der Waals surface area contributed by atoms with Crippen LogP contribution in [-0.4, -0.2) is 32.5 Å². The van der Waals surface area contributed by atoms with Gasteiger partial charge in [0.25, 0.3) is 0 Å². The summed E-state index contributed by atoms with van der Waals surface area (Å²) in [6, 6.07) is 1.55. The highest BCUT2D eigenvalue weighted by molar-refractivity contribution is 9.10. The van der Waals surface area contributed by atoms with Crippen molar-refractivity contribution in [2.75, 3.05) is 6.61 Å². The Morgan fingerprint density at radius 2 is 1.85 bits per heavy atom. The van der Waals surface area contributed by atoms with Crippen LogP contribution in [0.2, 0.25) is 0 Å². The molecule has 0 saturated carbocycles. The summed E-state index contributed by atoms with van der Waals surface area (Å²) in [6.07, 6.45) is -4.55. The minimum absolute atomic E-state index is 0.114. The Labute approximate surface area is 151 Å². The minimum Gasteiger partial charge on any atom is -0.463 e. The maximum Gasteiger partial charge on any atom is 0.399 e. The van der Waals surface area contributed by atoms with E-state index in [4.69, 9.17) is 14.5 Å². The van der Waals surface area contributed by atoms with Crippen LogP contribution >= 0.6 is 23.5 Å². The van der Waals surface area contributed by atoms with Crippen molar-refractivity contribution in [1.29, 1.82) is 0 Å². The zero-order valence-electron chi connectivity index (χ0n) is 12.7. The summed E-state index contributed by atoms with van der Waals surface area (Å²) in [7, 11) is -5.79. The van der Waals surface area contributed by atoms with Gasteiger partial charge in [-0.15, -0.1) is 0 Å². The van der Waals surface area contributed by atoms with Crippen LogP contribution in [0.25, 0.3) is 10.9 Å². The van der Waals surface area contributed by atoms with Crippen LogP contribution in [0.3, 0.4) is 0 Å². The van der Waals surface area contributed by atoms with Crippen LogP contribution < -0.4 is 4.74 Å². The molecule has 0 bridgehead atoms. The van der Waals surface area contributed by atoms with Gasteiger partial charge in [0.2, 0.25) is 0 Å². The maximum absolute atomic E-state index is 13.9. The molecule has 1 aromatic heterocycles. The predicted molar refractivity (Wildman–Crippen MR) is 84.0 cm³/mol. The van der Waals surface area contributed by atoms with E-state index in [0.717, 1.165) is 12.1 Å². The highest BCUT2D eigenvalue weighted by Crippen LogP contribution is 2.60. The lowest BCUT2D eigenvalue weighted by Gasteiger charge is -2.19. The number of hydrogen-bond donors (Lipinski definition) is 2. The molecule has 0 unspecified atom stereocenters. The molecule has 0 fully saturated rings. The second-order valence-electron chi connectivity index (χ2n) is 5.20. The second kappa shape index (κ2) is 7.34. The zero-order chi connectivity index (χ0) is 19.8. The van der Waals surface area contributed by atoms with Crippen molar-refractivity contribution in [3.8, 4) is 6.01 Å². The molecule has 1 heterocycles. The van der Waals surface area contributed by atoms with Crippen molar-refractivity contribution >= 4 is 34.4 Å². The van der Waals surface area contributed by atoms with E-state index in [2.05, 4.69) is 25.9 Å². The Hall–Kier alpha value is -1.36. The molecule has 0 atom stereocenters. The molecule has 144 valence electrons. The third-order valence-corrected chi connectivity index (χ3v) is 4.80. The molecule has 0 saturated heterocycles. The molecule has 0 spiro atoms. The fraction of sp³-hybridized carbons (Fsp3) is 0.385. The van der Waals surface area contributed by atoms with Gasteiger partial charge in [-0.2, -0.15) is 26.9 Å². The zero-order valence-corrected chi connectivity index (χ0v) is 15.2. The number of hydrogen-bond acceptors (Lipinski definition) is 4. The second-order valence-corrected chi connectivity index (χ2v) is 7.70. The number of fused-ring (bicyclic) bond motifs is 1. The van der Waals surface area contributed by atoms with Crippen molar-refractivity contribution in [3.05, 3.63) is 28.4 Å². The molecule has 2 rings (SSSR count). The minimum atomic E-state index is -5.79. The first-order valence-electron chi connectivity index (χ1n) is 6.91. The quantitative estimate of drug-likeness (QED) is 0.375. The average Bonchev–Trinajstić information content (AvgIpc) is 2.49. The fourth-order valence-corrected chi connectivity index (χ4v) is 3.19. The summed E-state index contributed by atoms with van der Waals surface area (Å²) in [5, 5.41) is 0.254. The van der Waals surface area contributed by atoms with E-state index >= 15 is 0 Å². The molecule has 2 aromatic rings. The normalized spacial score (nSPS) is 13.2. The third-order valence-electron chi connectivity index (χ3n) is 3.17. The summed E-state index contributed by atoms with van der Waals surface area (Å²) < 4.78 is 79.8. The Kier molecular flexibility index (Phi) is 5.91. The fourth-order valence-electron chi connectivity index (χ4n) is 1.93. The molecular formula is C13H11BrF5N2O4P. The highest BCUT2D eigenvalue weighted by atomic mass is 79.9. The van der Waals surface area contributed by atoms with Gasteiger partial charge in [0.1, 0.15) is 0 Å². The number of halogens is 6. The first-order chi connectivity index (χ1) is 11.8. The molecule has 26 heavy (non-hydrogen) atoms. The summed E-state index contributed by atoms with van der Waals surface area (Å²) in [6.45, 7) is -0.340. The monoisotopic (exact) mass is 464 g/mol. The topological polar surface area (TPSA) is 92.5 Å². The van der Waals surface area contributed by atoms with Gasteiger partial charge in [-0.3, -0.25) is 4.57 Å². The molecule has 6 nitrogen and oxygen atoms in total. The van der Waals surface area contributed by atoms with Crippen LogP contribution in [0.15, 0.2) is 22.8 Å². The highest BCUT2D eigenvalue weighted by Gasteiger charge is 2.51. The van der Waals surface area contributed by atoms with Gasteiger partial charge >= 0.3 is 25.4 Å². The number of ether oxygens (including phenoxy) is 1. The molecule has 0 aliphatic carbocycles. The lowest BCUT2D eigenvalue weighted by atomic mass is 10.1. The maximum atomic E-state index is 13.9. The molecule has 13 heteroatoms. The third kappa shape index (κ3) is 4.87. The largest absolute Gasteiger partial charge is 0.463 e. The summed E-state index contributed by atoms with van der Waals surface area (Å²) in [5.74, 6) is 0. The van der Waals surface area contributed by atoms with E-state index < -0.39 is 31.4 Å². The Morgan fingerprint density at radius 1 is 1.19 bits per heavy atom. The van der Waals surface area contributed by atoms with Crippen molar-refractivity contribution in [2.45, 2.75) is 24.7 Å². The number of rotatable bonds is 6. The van der Waals surface area contributed by atoms with Crippen molar-refractivity contribution < 1.29 is 41.0 Å². The van der Waals surface area contributed by atoms with Gasteiger partial charge in [0, 0.05) is 28.0 Å². The van der Waals surface area contributed by atoms with Crippen molar-refractivity contribution in [2.24, 2.45) is 0 Å². The van der Waals surface area contributed by atoms with Gasteiger partial charge in [-0.05, 0) is 18.6 Å². The summed E-state index contributed by atoms with van der Waals surface area (Å²) >= 11 is 2.82. The van der Waals surface area contributed by atoms with Crippen LogP contribution in [0.1, 0.15) is 18.4 Å². The van der Waals surface area contributed by atoms with Gasteiger partial charge in [-0.25, -0.2) is 4.98 Å². The van der Waals surface area contributed by atoms with E-state index in [-0.39, 0.29) is 34.4 Å². The Bertz CT molecular complexity index is 858. The molecule has 1 aromatic carbocycles. The molecule has 0 radical (unpaired) electrons.